The number of amides is 1. The van der Waals surface area contributed by atoms with Crippen molar-refractivity contribution < 1.29 is 14.7 Å². The fourth-order valence-electron chi connectivity index (χ4n) is 2.74. The van der Waals surface area contributed by atoms with Crippen molar-refractivity contribution in [3.8, 4) is 0 Å². The van der Waals surface area contributed by atoms with Gasteiger partial charge in [-0.15, -0.1) is 0 Å². The molecule has 0 saturated heterocycles. The molecule has 128 valence electrons. The van der Waals surface area contributed by atoms with Crippen LogP contribution in [-0.2, 0) is 22.4 Å². The summed E-state index contributed by atoms with van der Waals surface area (Å²) in [4.78, 5) is 28.1. The molecule has 0 radical (unpaired) electrons. The molecule has 2 aromatic heterocycles. The molecule has 1 aromatic carbocycles. The van der Waals surface area contributed by atoms with E-state index in [9.17, 15) is 14.7 Å². The standard InChI is InChI=1S/C19H19N3O3/c1-13-6-5-9-17-20-15(12-22(13)17)11-18(23)21-16(19(24)25)10-14-7-3-2-4-8-14/h2-9,12,16H,10-11H2,1H3,(H,21,23)(H,24,25). The van der Waals surface area contributed by atoms with Crippen molar-refractivity contribution in [1.82, 2.24) is 14.7 Å². The van der Waals surface area contributed by atoms with E-state index in [4.69, 9.17) is 0 Å². The van der Waals surface area contributed by atoms with Gasteiger partial charge in [0.15, 0.2) is 0 Å². The number of imidazole rings is 1. The smallest absolute Gasteiger partial charge is 0.326 e. The lowest BCUT2D eigenvalue weighted by Gasteiger charge is -2.14. The SMILES string of the molecule is Cc1cccc2nc(CC(=O)NC(Cc3ccccc3)C(=O)O)cn12. The van der Waals surface area contributed by atoms with E-state index in [1.54, 1.807) is 6.20 Å². The number of aryl methyl sites for hydroxylation is 1. The molecule has 0 fully saturated rings. The third kappa shape index (κ3) is 4.03. The van der Waals surface area contributed by atoms with Gasteiger partial charge in [-0.3, -0.25) is 4.79 Å². The first-order valence-corrected chi connectivity index (χ1v) is 8.02. The largest absolute Gasteiger partial charge is 0.480 e. The average Bonchev–Trinajstić information content (AvgIpc) is 2.99. The number of carbonyl (C=O) groups is 2. The minimum Gasteiger partial charge on any atom is -0.480 e. The maximum atomic E-state index is 12.3. The Balaban J connectivity index is 1.68. The number of carboxylic acids is 1. The summed E-state index contributed by atoms with van der Waals surface area (Å²) in [5, 5.41) is 12.0. The third-order valence-electron chi connectivity index (χ3n) is 4.00. The minimum atomic E-state index is -1.05. The van der Waals surface area contributed by atoms with Gasteiger partial charge < -0.3 is 14.8 Å². The van der Waals surface area contributed by atoms with Gasteiger partial charge in [0.1, 0.15) is 11.7 Å². The zero-order valence-corrected chi connectivity index (χ0v) is 13.8. The number of nitrogens with one attached hydrogen (secondary N) is 1. The van der Waals surface area contributed by atoms with E-state index in [1.807, 2.05) is 59.9 Å². The molecule has 3 aromatic rings. The summed E-state index contributed by atoms with van der Waals surface area (Å²) >= 11 is 0. The van der Waals surface area contributed by atoms with E-state index in [0.717, 1.165) is 16.9 Å². The van der Waals surface area contributed by atoms with Crippen molar-refractivity contribution in [3.05, 3.63) is 71.7 Å². The molecule has 6 heteroatoms. The molecule has 3 rings (SSSR count). The molecule has 6 nitrogen and oxygen atoms in total. The highest BCUT2D eigenvalue weighted by Crippen LogP contribution is 2.09. The first-order valence-electron chi connectivity index (χ1n) is 8.02. The van der Waals surface area contributed by atoms with Crippen LogP contribution in [0.3, 0.4) is 0 Å². The number of fused-ring (bicyclic) bond motifs is 1. The van der Waals surface area contributed by atoms with Gasteiger partial charge in [-0.1, -0.05) is 36.4 Å². The van der Waals surface area contributed by atoms with Crippen LogP contribution < -0.4 is 5.32 Å². The Bertz CT molecular complexity index is 903. The number of hydrogen-bond donors (Lipinski definition) is 2. The zero-order valence-electron chi connectivity index (χ0n) is 13.8. The van der Waals surface area contributed by atoms with Gasteiger partial charge in [-0.05, 0) is 24.6 Å². The van der Waals surface area contributed by atoms with Gasteiger partial charge in [0, 0.05) is 18.3 Å². The molecular formula is C19H19N3O3. The van der Waals surface area contributed by atoms with Gasteiger partial charge in [-0.25, -0.2) is 9.78 Å². The van der Waals surface area contributed by atoms with Gasteiger partial charge >= 0.3 is 5.97 Å². The maximum Gasteiger partial charge on any atom is 0.326 e. The molecule has 25 heavy (non-hydrogen) atoms. The Morgan fingerprint density at radius 1 is 1.16 bits per heavy atom. The lowest BCUT2D eigenvalue weighted by atomic mass is 10.1. The van der Waals surface area contributed by atoms with Crippen LogP contribution in [0.5, 0.6) is 0 Å². The first kappa shape index (κ1) is 16.7. The summed E-state index contributed by atoms with van der Waals surface area (Å²) in [6, 6.07) is 14.0. The van der Waals surface area contributed by atoms with Crippen LogP contribution in [0.2, 0.25) is 0 Å². The summed E-state index contributed by atoms with van der Waals surface area (Å²) < 4.78 is 1.90. The predicted molar refractivity (Wildman–Crippen MR) is 93.3 cm³/mol. The maximum absolute atomic E-state index is 12.3. The summed E-state index contributed by atoms with van der Waals surface area (Å²) in [5.74, 6) is -1.41. The normalized spacial score (nSPS) is 12.0. The molecule has 2 N–H and O–H groups in total. The summed E-state index contributed by atoms with van der Waals surface area (Å²) in [7, 11) is 0. The Morgan fingerprint density at radius 2 is 1.92 bits per heavy atom. The molecule has 1 atom stereocenters. The number of carboxylic acid groups (broad SMARTS) is 1. The zero-order chi connectivity index (χ0) is 17.8. The first-order chi connectivity index (χ1) is 12.0. The Kier molecular flexibility index (Phi) is 4.79. The lowest BCUT2D eigenvalue weighted by molar-refractivity contribution is -0.141. The Morgan fingerprint density at radius 3 is 2.60 bits per heavy atom. The molecule has 0 spiro atoms. The topological polar surface area (TPSA) is 83.7 Å². The van der Waals surface area contributed by atoms with Crippen LogP contribution in [0.15, 0.2) is 54.7 Å². The van der Waals surface area contributed by atoms with Crippen LogP contribution in [0.25, 0.3) is 5.65 Å². The predicted octanol–water partition coefficient (Wildman–Crippen LogP) is 2.00. The number of aromatic nitrogens is 2. The second-order valence-electron chi connectivity index (χ2n) is 5.95. The van der Waals surface area contributed by atoms with Crippen LogP contribution >= 0.6 is 0 Å². The van der Waals surface area contributed by atoms with Crippen LogP contribution in [0.1, 0.15) is 17.0 Å². The monoisotopic (exact) mass is 337 g/mol. The molecule has 0 saturated carbocycles. The Hall–Kier alpha value is -3.15. The molecule has 0 aliphatic heterocycles. The minimum absolute atomic E-state index is 0.0414. The van der Waals surface area contributed by atoms with Crippen LogP contribution in [0, 0.1) is 6.92 Å². The van der Waals surface area contributed by atoms with E-state index in [2.05, 4.69) is 10.3 Å². The van der Waals surface area contributed by atoms with E-state index < -0.39 is 12.0 Å². The second-order valence-corrected chi connectivity index (χ2v) is 5.95. The van der Waals surface area contributed by atoms with E-state index in [0.29, 0.717) is 5.69 Å². The number of rotatable bonds is 6. The summed E-state index contributed by atoms with van der Waals surface area (Å²) in [5.41, 5.74) is 3.25. The number of carbonyl (C=O) groups excluding carboxylic acids is 1. The molecule has 1 unspecified atom stereocenters. The number of hydrogen-bond acceptors (Lipinski definition) is 3. The van der Waals surface area contributed by atoms with Gasteiger partial charge in [0.05, 0.1) is 12.1 Å². The van der Waals surface area contributed by atoms with Gasteiger partial charge in [-0.2, -0.15) is 0 Å². The molecule has 1 amide bonds. The van der Waals surface area contributed by atoms with Gasteiger partial charge in [0.25, 0.3) is 0 Å². The third-order valence-corrected chi connectivity index (χ3v) is 4.00. The van der Waals surface area contributed by atoms with E-state index in [-0.39, 0.29) is 18.7 Å². The van der Waals surface area contributed by atoms with Crippen molar-refractivity contribution in [1.29, 1.82) is 0 Å². The highest BCUT2D eigenvalue weighted by Gasteiger charge is 2.21. The second kappa shape index (κ2) is 7.17. The molecule has 0 aliphatic carbocycles. The van der Waals surface area contributed by atoms with Crippen molar-refractivity contribution in [3.63, 3.8) is 0 Å². The highest BCUT2D eigenvalue weighted by atomic mass is 16.4. The van der Waals surface area contributed by atoms with Crippen molar-refractivity contribution >= 4 is 17.5 Å². The van der Waals surface area contributed by atoms with Gasteiger partial charge in [0.2, 0.25) is 5.91 Å². The molecule has 0 bridgehead atoms. The quantitative estimate of drug-likeness (QED) is 0.720. The molecule has 2 heterocycles. The number of nitrogens with zero attached hydrogens (tertiary/aromatic N) is 2. The van der Waals surface area contributed by atoms with Crippen LogP contribution in [0.4, 0.5) is 0 Å². The number of pyridine rings is 1. The number of aliphatic carboxylic acids is 1. The summed E-state index contributed by atoms with van der Waals surface area (Å²) in [6.45, 7) is 1.96. The Labute approximate surface area is 145 Å². The lowest BCUT2D eigenvalue weighted by Crippen LogP contribution is -2.43. The summed E-state index contributed by atoms with van der Waals surface area (Å²) in [6.07, 6.45) is 2.09. The fraction of sp³-hybridized carbons (Fsp3) is 0.211. The highest BCUT2D eigenvalue weighted by molar-refractivity contribution is 5.84. The average molecular weight is 337 g/mol. The fourth-order valence-corrected chi connectivity index (χ4v) is 2.74. The van der Waals surface area contributed by atoms with E-state index in [1.165, 1.54) is 0 Å². The van der Waals surface area contributed by atoms with Crippen molar-refractivity contribution in [2.75, 3.05) is 0 Å². The van der Waals surface area contributed by atoms with Crippen molar-refractivity contribution in [2.45, 2.75) is 25.8 Å². The van der Waals surface area contributed by atoms with Crippen molar-refractivity contribution in [2.24, 2.45) is 0 Å². The van der Waals surface area contributed by atoms with Crippen LogP contribution in [-0.4, -0.2) is 32.4 Å². The molecule has 0 aliphatic rings. The van der Waals surface area contributed by atoms with E-state index >= 15 is 0 Å². The number of benzene rings is 1. The molecular weight excluding hydrogens is 318 g/mol.